The first kappa shape index (κ1) is 27.3. The zero-order valence-electron chi connectivity index (χ0n) is 20.3. The predicted octanol–water partition coefficient (Wildman–Crippen LogP) is 6.51. The SMILES string of the molecule is Cc1ccc(NC(=S)Nc2cccc(C(=O)C3CCCCN3C)c2)cc1.O=C(O)c1ccccc1Cl. The Morgan fingerprint density at radius 2 is 1.67 bits per heavy atom. The summed E-state index contributed by atoms with van der Waals surface area (Å²) >= 11 is 10.9. The van der Waals surface area contributed by atoms with E-state index in [1.54, 1.807) is 18.2 Å². The first-order chi connectivity index (χ1) is 17.2. The molecule has 3 N–H and O–H groups in total. The topological polar surface area (TPSA) is 81.7 Å². The van der Waals surface area contributed by atoms with Gasteiger partial charge in [0.2, 0.25) is 0 Å². The highest BCUT2D eigenvalue weighted by Crippen LogP contribution is 2.21. The summed E-state index contributed by atoms with van der Waals surface area (Å²) in [6.07, 6.45) is 3.21. The zero-order valence-corrected chi connectivity index (χ0v) is 21.9. The lowest BCUT2D eigenvalue weighted by Gasteiger charge is -2.31. The van der Waals surface area contributed by atoms with Gasteiger partial charge in [-0.1, -0.05) is 60.0 Å². The van der Waals surface area contributed by atoms with Gasteiger partial charge < -0.3 is 15.7 Å². The summed E-state index contributed by atoms with van der Waals surface area (Å²) in [6.45, 7) is 3.03. The predicted molar refractivity (Wildman–Crippen MR) is 150 cm³/mol. The third-order valence-corrected chi connectivity index (χ3v) is 6.43. The minimum Gasteiger partial charge on any atom is -0.478 e. The largest absolute Gasteiger partial charge is 0.478 e. The van der Waals surface area contributed by atoms with Crippen LogP contribution in [0.1, 0.15) is 45.5 Å². The van der Waals surface area contributed by atoms with Crippen molar-refractivity contribution in [3.63, 3.8) is 0 Å². The Morgan fingerprint density at radius 3 is 2.31 bits per heavy atom. The number of Topliss-reactive ketones (excluding diaryl/α,β-unsaturated/α-hetero) is 1. The van der Waals surface area contributed by atoms with E-state index in [-0.39, 0.29) is 22.4 Å². The second-order valence-corrected chi connectivity index (χ2v) is 9.48. The summed E-state index contributed by atoms with van der Waals surface area (Å²) in [7, 11) is 2.03. The lowest BCUT2D eigenvalue weighted by atomic mass is 9.95. The molecular formula is C28H30ClN3O3S. The van der Waals surface area contributed by atoms with Crippen LogP contribution in [-0.2, 0) is 0 Å². The van der Waals surface area contributed by atoms with Gasteiger partial charge in [-0.05, 0) is 82.0 Å². The maximum Gasteiger partial charge on any atom is 0.337 e. The minimum absolute atomic E-state index is 0.0170. The number of benzene rings is 3. The summed E-state index contributed by atoms with van der Waals surface area (Å²) in [5.41, 5.74) is 3.83. The molecule has 1 aliphatic rings. The molecule has 8 heteroatoms. The summed E-state index contributed by atoms with van der Waals surface area (Å²) in [4.78, 5) is 25.4. The van der Waals surface area contributed by atoms with Crippen molar-refractivity contribution in [1.29, 1.82) is 0 Å². The number of rotatable bonds is 5. The van der Waals surface area contributed by atoms with Crippen molar-refractivity contribution in [2.24, 2.45) is 0 Å². The number of carboxylic acids is 1. The molecule has 6 nitrogen and oxygen atoms in total. The van der Waals surface area contributed by atoms with Crippen LogP contribution in [0.15, 0.2) is 72.8 Å². The molecule has 3 aromatic carbocycles. The zero-order chi connectivity index (χ0) is 26.1. The number of aromatic carboxylic acids is 1. The molecule has 1 heterocycles. The van der Waals surface area contributed by atoms with Crippen molar-refractivity contribution in [1.82, 2.24) is 4.90 Å². The molecule has 1 atom stereocenters. The first-order valence-electron chi connectivity index (χ1n) is 11.7. The number of anilines is 2. The van der Waals surface area contributed by atoms with Crippen LogP contribution in [0.4, 0.5) is 11.4 Å². The second-order valence-electron chi connectivity index (χ2n) is 8.67. The van der Waals surface area contributed by atoms with Gasteiger partial charge in [0.1, 0.15) is 0 Å². The molecule has 0 radical (unpaired) electrons. The van der Waals surface area contributed by atoms with Gasteiger partial charge in [0.15, 0.2) is 10.9 Å². The molecule has 1 saturated heterocycles. The molecule has 36 heavy (non-hydrogen) atoms. The average molecular weight is 524 g/mol. The number of hydrogen-bond donors (Lipinski definition) is 3. The van der Waals surface area contributed by atoms with Gasteiger partial charge in [-0.2, -0.15) is 0 Å². The van der Waals surface area contributed by atoms with Crippen LogP contribution in [0.5, 0.6) is 0 Å². The summed E-state index contributed by atoms with van der Waals surface area (Å²) in [6, 6.07) is 21.9. The number of likely N-dealkylation sites (N-methyl/N-ethyl adjacent to an activating group) is 1. The Hall–Kier alpha value is -3.26. The minimum atomic E-state index is -0.995. The molecule has 1 unspecified atom stereocenters. The van der Waals surface area contributed by atoms with Crippen LogP contribution >= 0.6 is 23.8 Å². The van der Waals surface area contributed by atoms with Crippen molar-refractivity contribution in [2.75, 3.05) is 24.2 Å². The van der Waals surface area contributed by atoms with E-state index in [2.05, 4.69) is 15.5 Å². The number of nitrogens with zero attached hydrogens (tertiary/aromatic N) is 1. The molecule has 0 amide bonds. The van der Waals surface area contributed by atoms with E-state index in [1.165, 1.54) is 18.1 Å². The number of halogens is 1. The Bertz CT molecular complexity index is 1220. The van der Waals surface area contributed by atoms with Gasteiger partial charge in [0, 0.05) is 16.9 Å². The molecule has 0 aliphatic carbocycles. The van der Waals surface area contributed by atoms with E-state index in [0.717, 1.165) is 36.3 Å². The number of likely N-dealkylation sites (tertiary alicyclic amines) is 1. The molecular weight excluding hydrogens is 494 g/mol. The van der Waals surface area contributed by atoms with Crippen LogP contribution < -0.4 is 10.6 Å². The Balaban J connectivity index is 0.000000303. The smallest absolute Gasteiger partial charge is 0.337 e. The number of hydrogen-bond acceptors (Lipinski definition) is 4. The van der Waals surface area contributed by atoms with Gasteiger partial charge in [0.05, 0.1) is 16.6 Å². The maximum atomic E-state index is 12.9. The van der Waals surface area contributed by atoms with Crippen molar-refractivity contribution in [2.45, 2.75) is 32.2 Å². The third kappa shape index (κ3) is 7.88. The number of piperidine rings is 1. The summed E-state index contributed by atoms with van der Waals surface area (Å²) in [5, 5.41) is 15.6. The Kier molecular flexibility index (Phi) is 9.99. The maximum absolute atomic E-state index is 12.9. The molecule has 0 bridgehead atoms. The summed E-state index contributed by atoms with van der Waals surface area (Å²) in [5.74, 6) is -0.807. The van der Waals surface area contributed by atoms with E-state index >= 15 is 0 Å². The van der Waals surface area contributed by atoms with Crippen molar-refractivity contribution < 1.29 is 14.7 Å². The number of carbonyl (C=O) groups is 2. The van der Waals surface area contributed by atoms with Gasteiger partial charge in [-0.3, -0.25) is 9.69 Å². The van der Waals surface area contributed by atoms with Gasteiger partial charge in [-0.25, -0.2) is 4.79 Å². The highest BCUT2D eigenvalue weighted by molar-refractivity contribution is 7.80. The van der Waals surface area contributed by atoms with E-state index in [1.807, 2.05) is 62.5 Å². The fourth-order valence-corrected chi connectivity index (χ4v) is 4.37. The molecule has 3 aromatic rings. The van der Waals surface area contributed by atoms with Crippen molar-refractivity contribution >= 4 is 52.1 Å². The van der Waals surface area contributed by atoms with Crippen molar-refractivity contribution in [3.8, 4) is 0 Å². The molecule has 1 fully saturated rings. The fourth-order valence-electron chi connectivity index (χ4n) is 3.91. The quantitative estimate of drug-likeness (QED) is 0.260. The number of thiocarbonyl (C=S) groups is 1. The van der Waals surface area contributed by atoms with Crippen LogP contribution in [0.3, 0.4) is 0 Å². The van der Waals surface area contributed by atoms with E-state index in [4.69, 9.17) is 28.9 Å². The highest BCUT2D eigenvalue weighted by Gasteiger charge is 2.26. The third-order valence-electron chi connectivity index (χ3n) is 5.89. The van der Waals surface area contributed by atoms with Crippen LogP contribution in [0.2, 0.25) is 5.02 Å². The average Bonchev–Trinajstić information content (AvgIpc) is 2.86. The van der Waals surface area contributed by atoms with Crippen molar-refractivity contribution in [3.05, 3.63) is 94.5 Å². The number of nitrogens with one attached hydrogen (secondary N) is 2. The van der Waals surface area contributed by atoms with Gasteiger partial charge in [-0.15, -0.1) is 0 Å². The van der Waals surface area contributed by atoms with Crippen LogP contribution in [0.25, 0.3) is 0 Å². The van der Waals surface area contributed by atoms with Gasteiger partial charge in [0.25, 0.3) is 0 Å². The molecule has 0 spiro atoms. The standard InChI is InChI=1S/C21H25N3OS.C7H5ClO2/c1-15-9-11-17(12-10-15)22-21(26)23-18-7-5-6-16(14-18)20(25)19-8-3-4-13-24(19)2;8-6-4-2-1-3-5(6)7(9)10/h5-7,9-12,14,19H,3-4,8,13H2,1-2H3,(H2,22,23,26);1-4H,(H,9,10). The molecule has 188 valence electrons. The number of aryl methyl sites for hydroxylation is 1. The second kappa shape index (κ2) is 13.2. The summed E-state index contributed by atoms with van der Waals surface area (Å²) < 4.78 is 0. The first-order valence-corrected chi connectivity index (χ1v) is 12.5. The molecule has 0 aromatic heterocycles. The number of carboxylic acid groups (broad SMARTS) is 1. The Morgan fingerprint density at radius 1 is 0.972 bits per heavy atom. The van der Waals surface area contributed by atoms with E-state index in [0.29, 0.717) is 5.11 Å². The monoisotopic (exact) mass is 523 g/mol. The van der Waals surface area contributed by atoms with E-state index in [9.17, 15) is 9.59 Å². The fraction of sp³-hybridized carbons (Fsp3) is 0.250. The number of carbonyl (C=O) groups excluding carboxylic acids is 1. The lowest BCUT2D eigenvalue weighted by molar-refractivity contribution is 0.0696. The lowest BCUT2D eigenvalue weighted by Crippen LogP contribution is -2.42. The molecule has 0 saturated carbocycles. The number of ketones is 1. The Labute approximate surface area is 222 Å². The normalized spacial score (nSPS) is 15.2. The van der Waals surface area contributed by atoms with Gasteiger partial charge >= 0.3 is 5.97 Å². The van der Waals surface area contributed by atoms with E-state index < -0.39 is 5.97 Å². The molecule has 4 rings (SSSR count). The van der Waals surface area contributed by atoms with Crippen LogP contribution in [0, 0.1) is 6.92 Å². The molecule has 1 aliphatic heterocycles. The highest BCUT2D eigenvalue weighted by atomic mass is 35.5. The van der Waals surface area contributed by atoms with Crippen LogP contribution in [-0.4, -0.2) is 46.5 Å².